The predicted molar refractivity (Wildman–Crippen MR) is 58.7 cm³/mol. The molecule has 0 saturated heterocycles. The Morgan fingerprint density at radius 3 is 0.583 bits per heavy atom. The van der Waals surface area contributed by atoms with Crippen LogP contribution in [0.2, 0.25) is 0 Å². The highest BCUT2D eigenvalue weighted by Gasteiger charge is 1.54. The Hall–Kier alpha value is -0.680. The van der Waals surface area contributed by atoms with E-state index in [9.17, 15) is 0 Å². The maximum absolute atomic E-state index is 4.90. The number of hydrogen-bond donors (Lipinski definition) is 4. The highest BCUT2D eigenvalue weighted by atomic mass is 14.6. The minimum absolute atomic E-state index is 0.597. The van der Waals surface area contributed by atoms with Gasteiger partial charge in [-0.3, -0.25) is 0 Å². The molecule has 4 nitrogen and oxygen atoms in total. The van der Waals surface area contributed by atoms with E-state index in [1.54, 1.807) is 0 Å². The lowest BCUT2D eigenvalue weighted by Crippen LogP contribution is -2.11. The van der Waals surface area contributed by atoms with Crippen molar-refractivity contribution in [3.8, 4) is 0 Å². The maximum atomic E-state index is 4.90. The minimum Gasteiger partial charge on any atom is -0.329 e. The first-order chi connectivity index (χ1) is 5.83. The normalized spacial score (nSPS) is 5.67. The first-order valence-electron chi connectivity index (χ1n) is 3.63. The number of nitrogens with two attached hydrogens (primary N) is 4. The van der Waals surface area contributed by atoms with Gasteiger partial charge in [0, 0.05) is 26.2 Å². The van der Waals surface area contributed by atoms with Crippen molar-refractivity contribution in [2.45, 2.75) is 0 Å². The van der Waals surface area contributed by atoms with Crippen LogP contribution in [0.1, 0.15) is 0 Å². The molecule has 0 aromatic carbocycles. The second-order valence-corrected chi connectivity index (χ2v) is 1.15. The largest absolute Gasteiger partial charge is 0.329 e. The minimum atomic E-state index is 0.597. The van der Waals surface area contributed by atoms with Crippen molar-refractivity contribution in [3.05, 3.63) is 26.3 Å². The van der Waals surface area contributed by atoms with Crippen LogP contribution in [-0.2, 0) is 0 Å². The van der Waals surface area contributed by atoms with E-state index >= 15 is 0 Å². The van der Waals surface area contributed by atoms with Gasteiger partial charge in [0.15, 0.2) is 0 Å². The summed E-state index contributed by atoms with van der Waals surface area (Å²) >= 11 is 0. The number of hydrogen-bond acceptors (Lipinski definition) is 4. The summed E-state index contributed by atoms with van der Waals surface area (Å²) in [4.78, 5) is 0. The highest BCUT2D eigenvalue weighted by Crippen LogP contribution is 1.24. The van der Waals surface area contributed by atoms with Crippen molar-refractivity contribution >= 4 is 0 Å². The summed E-state index contributed by atoms with van der Waals surface area (Å²) in [5.41, 5.74) is 19.6. The number of rotatable bonds is 2. The molecule has 0 spiro atoms. The van der Waals surface area contributed by atoms with Crippen molar-refractivity contribution in [2.75, 3.05) is 26.2 Å². The Labute approximate surface area is 76.3 Å². The molecule has 0 heterocycles. The first-order valence-corrected chi connectivity index (χ1v) is 3.63. The van der Waals surface area contributed by atoms with Crippen LogP contribution in [0.25, 0.3) is 0 Å². The molecular weight excluding hydrogens is 152 g/mol. The van der Waals surface area contributed by atoms with Gasteiger partial charge in [-0.05, 0) is 0 Å². The zero-order valence-electron chi connectivity index (χ0n) is 7.97. The summed E-state index contributed by atoms with van der Waals surface area (Å²) in [6, 6.07) is 0. The summed E-state index contributed by atoms with van der Waals surface area (Å²) in [7, 11) is 0. The smallest absolute Gasteiger partial charge is 0.00461 e. The summed E-state index contributed by atoms with van der Waals surface area (Å²) in [6.07, 6.45) is 0. The summed E-state index contributed by atoms with van der Waals surface area (Å²) in [5.74, 6) is 0. The molecule has 4 heteroatoms. The Kier molecular flexibility index (Phi) is 152. The van der Waals surface area contributed by atoms with Crippen LogP contribution in [0, 0.1) is 0 Å². The first kappa shape index (κ1) is 22.5. The second-order valence-electron chi connectivity index (χ2n) is 1.15. The van der Waals surface area contributed by atoms with Gasteiger partial charge in [0.1, 0.15) is 0 Å². The fourth-order valence-electron chi connectivity index (χ4n) is 0. The summed E-state index contributed by atoms with van der Waals surface area (Å²) in [6.45, 7) is 14.4. The van der Waals surface area contributed by atoms with Gasteiger partial charge in [-0.25, -0.2) is 0 Å². The van der Waals surface area contributed by atoms with E-state index in [-0.39, 0.29) is 0 Å². The fraction of sp³-hybridized carbons (Fsp3) is 0.500. The molecular formula is C8H24N4. The quantitative estimate of drug-likeness (QED) is 0.422. The van der Waals surface area contributed by atoms with E-state index < -0.39 is 0 Å². The van der Waals surface area contributed by atoms with Crippen molar-refractivity contribution in [2.24, 2.45) is 22.9 Å². The highest BCUT2D eigenvalue weighted by molar-refractivity contribution is 4.26. The molecule has 0 aromatic rings. The van der Waals surface area contributed by atoms with Gasteiger partial charge in [-0.15, -0.1) is 26.3 Å². The molecule has 0 aliphatic heterocycles. The standard InChI is InChI=1S/2C2H8N2.2C2H4/c2*3-1-2-4;2*1-2/h2*1-4H2;2*1-2H2. The molecule has 0 radical (unpaired) electrons. The summed E-state index contributed by atoms with van der Waals surface area (Å²) in [5, 5.41) is 0. The van der Waals surface area contributed by atoms with Gasteiger partial charge in [0.25, 0.3) is 0 Å². The van der Waals surface area contributed by atoms with Gasteiger partial charge >= 0.3 is 0 Å². The molecule has 0 amide bonds. The molecule has 0 aromatic heterocycles. The van der Waals surface area contributed by atoms with Gasteiger partial charge in [-0.1, -0.05) is 0 Å². The molecule has 0 rings (SSSR count). The van der Waals surface area contributed by atoms with Crippen molar-refractivity contribution in [1.82, 2.24) is 0 Å². The van der Waals surface area contributed by atoms with Crippen molar-refractivity contribution < 1.29 is 0 Å². The molecule has 0 bridgehead atoms. The van der Waals surface area contributed by atoms with E-state index in [4.69, 9.17) is 22.9 Å². The Morgan fingerprint density at radius 1 is 0.500 bits per heavy atom. The average molecular weight is 176 g/mol. The zero-order valence-corrected chi connectivity index (χ0v) is 7.97. The molecule has 0 saturated carbocycles. The van der Waals surface area contributed by atoms with Crippen LogP contribution in [0.5, 0.6) is 0 Å². The average Bonchev–Trinajstić information content (AvgIpc) is 2.23. The zero-order chi connectivity index (χ0) is 10.8. The molecule has 0 aliphatic rings. The monoisotopic (exact) mass is 176 g/mol. The van der Waals surface area contributed by atoms with E-state index in [1.807, 2.05) is 0 Å². The van der Waals surface area contributed by atoms with Crippen molar-refractivity contribution in [3.63, 3.8) is 0 Å². The Balaban J connectivity index is -0.0000000380. The van der Waals surface area contributed by atoms with E-state index in [0.717, 1.165) is 0 Å². The lowest BCUT2D eigenvalue weighted by Gasteiger charge is -1.72. The van der Waals surface area contributed by atoms with Gasteiger partial charge in [0.05, 0.1) is 0 Å². The SMILES string of the molecule is C=C.C=C.NCCN.NCCN. The lowest BCUT2D eigenvalue weighted by atomic mass is 10.7. The second kappa shape index (κ2) is 81.3. The van der Waals surface area contributed by atoms with E-state index in [2.05, 4.69) is 26.3 Å². The topological polar surface area (TPSA) is 104 Å². The fourth-order valence-corrected chi connectivity index (χ4v) is 0. The predicted octanol–water partition coefficient (Wildman–Crippen LogP) is -0.588. The third kappa shape index (κ3) is 370. The molecule has 0 atom stereocenters. The molecule has 12 heavy (non-hydrogen) atoms. The van der Waals surface area contributed by atoms with Crippen LogP contribution in [-0.4, -0.2) is 26.2 Å². The molecule has 0 fully saturated rings. The molecule has 0 unspecified atom stereocenters. The van der Waals surface area contributed by atoms with Crippen LogP contribution >= 0.6 is 0 Å². The lowest BCUT2D eigenvalue weighted by molar-refractivity contribution is 0.976. The third-order valence-electron chi connectivity index (χ3n) is 0.333. The van der Waals surface area contributed by atoms with Crippen LogP contribution in [0.15, 0.2) is 26.3 Å². The van der Waals surface area contributed by atoms with Crippen LogP contribution in [0.3, 0.4) is 0 Å². The Morgan fingerprint density at radius 2 is 0.583 bits per heavy atom. The van der Waals surface area contributed by atoms with E-state index in [0.29, 0.717) is 26.2 Å². The van der Waals surface area contributed by atoms with Gasteiger partial charge in [0.2, 0.25) is 0 Å². The van der Waals surface area contributed by atoms with Crippen molar-refractivity contribution in [1.29, 1.82) is 0 Å². The van der Waals surface area contributed by atoms with Crippen LogP contribution < -0.4 is 22.9 Å². The molecule has 0 aliphatic carbocycles. The summed E-state index contributed by atoms with van der Waals surface area (Å²) < 4.78 is 0. The van der Waals surface area contributed by atoms with Crippen LogP contribution in [0.4, 0.5) is 0 Å². The third-order valence-corrected chi connectivity index (χ3v) is 0.333. The van der Waals surface area contributed by atoms with Gasteiger partial charge < -0.3 is 22.9 Å². The molecule has 76 valence electrons. The molecule has 8 N–H and O–H groups in total. The maximum Gasteiger partial charge on any atom is 0.00461 e. The Bertz CT molecular complexity index is 32.0. The van der Waals surface area contributed by atoms with E-state index in [1.165, 1.54) is 0 Å². The van der Waals surface area contributed by atoms with Gasteiger partial charge in [-0.2, -0.15) is 0 Å².